The molecule has 0 bridgehead atoms. The van der Waals surface area contributed by atoms with Crippen molar-refractivity contribution in [3.8, 4) is 0 Å². The molecule has 1 saturated carbocycles. The molecule has 0 nitrogen and oxygen atoms in total. The van der Waals surface area contributed by atoms with Crippen LogP contribution in [0.4, 0.5) is 0 Å². The lowest BCUT2D eigenvalue weighted by Gasteiger charge is -2.43. The Morgan fingerprint density at radius 1 is 1.27 bits per heavy atom. The Hall–Kier alpha value is 0.480. The zero-order chi connectivity index (χ0) is 11.5. The van der Waals surface area contributed by atoms with Crippen molar-refractivity contribution in [2.75, 3.05) is 0 Å². The molecule has 0 radical (unpaired) electrons. The second kappa shape index (κ2) is 5.70. The Labute approximate surface area is 104 Å². The highest BCUT2D eigenvalue weighted by Gasteiger charge is 2.36. The summed E-state index contributed by atoms with van der Waals surface area (Å²) in [4.78, 5) is 0.659. The van der Waals surface area contributed by atoms with Crippen molar-refractivity contribution in [2.45, 2.75) is 71.0 Å². The van der Waals surface area contributed by atoms with Crippen LogP contribution in [-0.2, 0) is 0 Å². The van der Waals surface area contributed by atoms with Crippen molar-refractivity contribution in [1.82, 2.24) is 0 Å². The summed E-state index contributed by atoms with van der Waals surface area (Å²) in [6.45, 7) is 9.61. The first kappa shape index (κ1) is 13.5. The normalized spacial score (nSPS) is 30.2. The van der Waals surface area contributed by atoms with E-state index in [1.165, 1.54) is 38.5 Å². The lowest BCUT2D eigenvalue weighted by molar-refractivity contribution is 0.0825. The number of hydrogen-bond acceptors (Lipinski definition) is 0. The van der Waals surface area contributed by atoms with E-state index in [1.54, 1.807) is 0 Å². The fourth-order valence-electron chi connectivity index (χ4n) is 3.60. The zero-order valence-corrected chi connectivity index (χ0v) is 12.4. The average molecular weight is 275 g/mol. The molecule has 0 spiro atoms. The molecule has 0 heterocycles. The first-order valence-corrected chi connectivity index (χ1v) is 7.53. The molecule has 0 aliphatic heterocycles. The molecular formula is C14H27Br. The van der Waals surface area contributed by atoms with Crippen molar-refractivity contribution in [3.63, 3.8) is 0 Å². The molecule has 15 heavy (non-hydrogen) atoms. The molecule has 3 atom stereocenters. The maximum atomic E-state index is 3.72. The van der Waals surface area contributed by atoms with E-state index >= 15 is 0 Å². The first-order chi connectivity index (χ1) is 6.97. The molecule has 3 unspecified atom stereocenters. The van der Waals surface area contributed by atoms with Gasteiger partial charge in [-0.3, -0.25) is 0 Å². The van der Waals surface area contributed by atoms with Crippen molar-refractivity contribution >= 4 is 15.9 Å². The van der Waals surface area contributed by atoms with Crippen LogP contribution in [0.2, 0.25) is 0 Å². The van der Waals surface area contributed by atoms with E-state index in [9.17, 15) is 0 Å². The molecule has 1 heteroatoms. The van der Waals surface area contributed by atoms with Crippen molar-refractivity contribution in [2.24, 2.45) is 17.3 Å². The molecule has 1 aliphatic rings. The molecule has 0 aromatic heterocycles. The van der Waals surface area contributed by atoms with Gasteiger partial charge in [-0.2, -0.15) is 0 Å². The lowest BCUT2D eigenvalue weighted by Crippen LogP contribution is -2.34. The second-order valence-electron chi connectivity index (χ2n) is 6.03. The van der Waals surface area contributed by atoms with Gasteiger partial charge in [-0.1, -0.05) is 69.3 Å². The van der Waals surface area contributed by atoms with E-state index < -0.39 is 0 Å². The van der Waals surface area contributed by atoms with Gasteiger partial charge in [0.2, 0.25) is 0 Å². The number of alkyl halides is 1. The van der Waals surface area contributed by atoms with Gasteiger partial charge in [-0.05, 0) is 30.1 Å². The fraction of sp³-hybridized carbons (Fsp3) is 1.00. The molecule has 90 valence electrons. The van der Waals surface area contributed by atoms with Crippen LogP contribution in [0.25, 0.3) is 0 Å². The van der Waals surface area contributed by atoms with Gasteiger partial charge in [0.05, 0.1) is 0 Å². The predicted molar refractivity (Wildman–Crippen MR) is 72.5 cm³/mol. The van der Waals surface area contributed by atoms with E-state index in [-0.39, 0.29) is 0 Å². The predicted octanol–water partition coefficient (Wildman–Crippen LogP) is 5.40. The molecule has 1 aliphatic carbocycles. The molecule has 0 aromatic carbocycles. The molecule has 1 rings (SSSR count). The third-order valence-corrected chi connectivity index (χ3v) is 4.57. The summed E-state index contributed by atoms with van der Waals surface area (Å²) in [6, 6.07) is 0. The highest BCUT2D eigenvalue weighted by atomic mass is 79.9. The number of hydrogen-bond donors (Lipinski definition) is 0. The molecule has 0 amide bonds. The summed E-state index contributed by atoms with van der Waals surface area (Å²) in [7, 11) is 0. The molecular weight excluding hydrogens is 248 g/mol. The van der Waals surface area contributed by atoms with E-state index in [4.69, 9.17) is 0 Å². The number of rotatable bonds is 4. The maximum absolute atomic E-state index is 3.72. The molecule has 1 fully saturated rings. The van der Waals surface area contributed by atoms with Gasteiger partial charge in [0, 0.05) is 4.83 Å². The minimum Gasteiger partial charge on any atom is -0.0893 e. The maximum Gasteiger partial charge on any atom is 0.0122 e. The van der Waals surface area contributed by atoms with E-state index in [0.29, 0.717) is 10.2 Å². The van der Waals surface area contributed by atoms with E-state index in [2.05, 4.69) is 43.6 Å². The molecule has 0 N–H and O–H groups in total. The van der Waals surface area contributed by atoms with Gasteiger partial charge < -0.3 is 0 Å². The largest absolute Gasteiger partial charge is 0.0893 e. The minimum absolute atomic E-state index is 0.518. The van der Waals surface area contributed by atoms with E-state index in [0.717, 1.165) is 11.8 Å². The van der Waals surface area contributed by atoms with Crippen molar-refractivity contribution < 1.29 is 0 Å². The van der Waals surface area contributed by atoms with Crippen LogP contribution in [0.15, 0.2) is 0 Å². The van der Waals surface area contributed by atoms with Gasteiger partial charge >= 0.3 is 0 Å². The van der Waals surface area contributed by atoms with E-state index in [1.807, 2.05) is 0 Å². The Kier molecular flexibility index (Phi) is 5.15. The van der Waals surface area contributed by atoms with Crippen LogP contribution in [0.3, 0.4) is 0 Å². The summed E-state index contributed by atoms with van der Waals surface area (Å²) >= 11 is 3.72. The summed E-state index contributed by atoms with van der Waals surface area (Å²) in [5, 5.41) is 0. The Balaban J connectivity index is 2.64. The van der Waals surface area contributed by atoms with Gasteiger partial charge in [-0.15, -0.1) is 0 Å². The minimum atomic E-state index is 0.518. The topological polar surface area (TPSA) is 0 Å². The van der Waals surface area contributed by atoms with Crippen LogP contribution in [0.1, 0.15) is 66.2 Å². The van der Waals surface area contributed by atoms with Crippen LogP contribution in [0.5, 0.6) is 0 Å². The summed E-state index contributed by atoms with van der Waals surface area (Å²) in [6.07, 6.45) is 8.56. The molecule has 0 aromatic rings. The smallest absolute Gasteiger partial charge is 0.0122 e. The second-order valence-corrected chi connectivity index (χ2v) is 7.60. The first-order valence-electron chi connectivity index (χ1n) is 6.61. The van der Waals surface area contributed by atoms with Crippen LogP contribution >= 0.6 is 15.9 Å². The van der Waals surface area contributed by atoms with Gasteiger partial charge in [0.1, 0.15) is 0 Å². The molecule has 0 saturated heterocycles. The van der Waals surface area contributed by atoms with Crippen LogP contribution in [0, 0.1) is 17.3 Å². The van der Waals surface area contributed by atoms with Gasteiger partial charge in [0.25, 0.3) is 0 Å². The summed E-state index contributed by atoms with van der Waals surface area (Å²) in [5.74, 6) is 1.94. The Bertz CT molecular complexity index is 184. The van der Waals surface area contributed by atoms with Gasteiger partial charge in [-0.25, -0.2) is 0 Å². The van der Waals surface area contributed by atoms with Gasteiger partial charge in [0.15, 0.2) is 0 Å². The lowest BCUT2D eigenvalue weighted by atomic mass is 9.63. The summed E-state index contributed by atoms with van der Waals surface area (Å²) < 4.78 is 0. The average Bonchev–Trinajstić information content (AvgIpc) is 2.16. The van der Waals surface area contributed by atoms with Crippen LogP contribution < -0.4 is 0 Å². The van der Waals surface area contributed by atoms with Crippen molar-refractivity contribution in [1.29, 1.82) is 0 Å². The highest BCUT2D eigenvalue weighted by molar-refractivity contribution is 9.09. The SMILES string of the molecule is CCC1CCCCC1C(C)(C)CC(C)Br. The van der Waals surface area contributed by atoms with Crippen molar-refractivity contribution in [3.05, 3.63) is 0 Å². The Morgan fingerprint density at radius 2 is 1.87 bits per heavy atom. The zero-order valence-electron chi connectivity index (χ0n) is 10.9. The third-order valence-electron chi connectivity index (χ3n) is 4.24. The Morgan fingerprint density at radius 3 is 2.40 bits per heavy atom. The van der Waals surface area contributed by atoms with Crippen LogP contribution in [-0.4, -0.2) is 4.83 Å². The number of halogens is 1. The monoisotopic (exact) mass is 274 g/mol. The summed E-state index contributed by atoms with van der Waals surface area (Å²) in [5.41, 5.74) is 0.518. The fourth-order valence-corrected chi connectivity index (χ4v) is 4.44. The standard InChI is InChI=1S/C14H27Br/c1-5-12-8-6-7-9-13(12)14(3,4)10-11(2)15/h11-13H,5-10H2,1-4H3. The third kappa shape index (κ3) is 3.76. The quantitative estimate of drug-likeness (QED) is 0.602. The highest BCUT2D eigenvalue weighted by Crippen LogP contribution is 2.46.